The Morgan fingerprint density at radius 1 is 1.24 bits per heavy atom. The van der Waals surface area contributed by atoms with Crippen LogP contribution in [0, 0.1) is 11.8 Å². The number of hydrogen-bond donors (Lipinski definition) is 1. The molecule has 1 aliphatic carbocycles. The SMILES string of the molecule is CCNC(CC(C)CC)CC1CC(OCC)C1. The van der Waals surface area contributed by atoms with Gasteiger partial charge in [-0.3, -0.25) is 0 Å². The van der Waals surface area contributed by atoms with Crippen molar-refractivity contribution in [2.75, 3.05) is 13.2 Å². The predicted molar refractivity (Wildman–Crippen MR) is 74.3 cm³/mol. The summed E-state index contributed by atoms with van der Waals surface area (Å²) in [6.07, 6.45) is 7.12. The summed E-state index contributed by atoms with van der Waals surface area (Å²) >= 11 is 0. The van der Waals surface area contributed by atoms with Gasteiger partial charge in [0, 0.05) is 12.6 Å². The van der Waals surface area contributed by atoms with Crippen molar-refractivity contribution in [3.63, 3.8) is 0 Å². The molecule has 1 saturated carbocycles. The van der Waals surface area contributed by atoms with Crippen LogP contribution in [-0.4, -0.2) is 25.3 Å². The minimum absolute atomic E-state index is 0.566. The number of rotatable bonds is 9. The van der Waals surface area contributed by atoms with Gasteiger partial charge < -0.3 is 10.1 Å². The van der Waals surface area contributed by atoms with Crippen molar-refractivity contribution >= 4 is 0 Å². The van der Waals surface area contributed by atoms with Gasteiger partial charge in [-0.05, 0) is 51.0 Å². The Morgan fingerprint density at radius 2 is 1.94 bits per heavy atom. The van der Waals surface area contributed by atoms with Gasteiger partial charge in [0.1, 0.15) is 0 Å². The summed E-state index contributed by atoms with van der Waals surface area (Å²) in [6.45, 7) is 10.9. The highest BCUT2D eigenvalue weighted by Gasteiger charge is 2.31. The minimum Gasteiger partial charge on any atom is -0.378 e. The van der Waals surface area contributed by atoms with Crippen LogP contribution in [0.25, 0.3) is 0 Å². The van der Waals surface area contributed by atoms with E-state index < -0.39 is 0 Å². The Kier molecular flexibility index (Phi) is 7.14. The van der Waals surface area contributed by atoms with Crippen LogP contribution < -0.4 is 5.32 Å². The lowest BCUT2D eigenvalue weighted by Gasteiger charge is -2.37. The maximum Gasteiger partial charge on any atom is 0.0580 e. The zero-order valence-corrected chi connectivity index (χ0v) is 12.2. The second kappa shape index (κ2) is 8.10. The van der Waals surface area contributed by atoms with Crippen molar-refractivity contribution in [3.8, 4) is 0 Å². The van der Waals surface area contributed by atoms with Crippen molar-refractivity contribution < 1.29 is 4.74 Å². The van der Waals surface area contributed by atoms with Crippen LogP contribution in [0.15, 0.2) is 0 Å². The lowest BCUT2D eigenvalue weighted by atomic mass is 9.77. The summed E-state index contributed by atoms with van der Waals surface area (Å²) in [7, 11) is 0. The van der Waals surface area contributed by atoms with E-state index in [2.05, 4.69) is 33.0 Å². The number of nitrogens with one attached hydrogen (secondary N) is 1. The Morgan fingerprint density at radius 3 is 2.47 bits per heavy atom. The average Bonchev–Trinajstić information content (AvgIpc) is 2.26. The molecule has 0 bridgehead atoms. The molecule has 0 aromatic heterocycles. The molecule has 1 fully saturated rings. The zero-order chi connectivity index (χ0) is 12.7. The third kappa shape index (κ3) is 5.39. The topological polar surface area (TPSA) is 21.3 Å². The molecule has 0 aromatic carbocycles. The summed E-state index contributed by atoms with van der Waals surface area (Å²) in [6, 6.07) is 0.725. The highest BCUT2D eigenvalue weighted by molar-refractivity contribution is 4.84. The third-order valence-corrected chi connectivity index (χ3v) is 4.09. The van der Waals surface area contributed by atoms with E-state index in [9.17, 15) is 0 Å². The minimum atomic E-state index is 0.566. The normalized spacial score (nSPS) is 27.5. The number of hydrogen-bond acceptors (Lipinski definition) is 2. The first kappa shape index (κ1) is 15.0. The van der Waals surface area contributed by atoms with Gasteiger partial charge in [-0.15, -0.1) is 0 Å². The van der Waals surface area contributed by atoms with Crippen LogP contribution in [0.2, 0.25) is 0 Å². The van der Waals surface area contributed by atoms with Gasteiger partial charge in [-0.1, -0.05) is 27.2 Å². The maximum absolute atomic E-state index is 5.63. The highest BCUT2D eigenvalue weighted by Crippen LogP contribution is 2.34. The van der Waals surface area contributed by atoms with E-state index in [0.717, 1.165) is 31.0 Å². The summed E-state index contributed by atoms with van der Waals surface area (Å²) < 4.78 is 5.63. The lowest BCUT2D eigenvalue weighted by molar-refractivity contribution is -0.0295. The predicted octanol–water partition coefficient (Wildman–Crippen LogP) is 3.61. The molecular weight excluding hydrogens is 210 g/mol. The highest BCUT2D eigenvalue weighted by atomic mass is 16.5. The first-order chi connectivity index (χ1) is 8.19. The van der Waals surface area contributed by atoms with Crippen molar-refractivity contribution in [2.24, 2.45) is 11.8 Å². The van der Waals surface area contributed by atoms with E-state index in [-0.39, 0.29) is 0 Å². The van der Waals surface area contributed by atoms with Crippen LogP contribution in [0.4, 0.5) is 0 Å². The summed E-state index contributed by atoms with van der Waals surface area (Å²) in [5.74, 6) is 1.75. The Balaban J connectivity index is 2.21. The maximum atomic E-state index is 5.63. The summed E-state index contributed by atoms with van der Waals surface area (Å²) in [5.41, 5.74) is 0. The second-order valence-electron chi connectivity index (χ2n) is 5.65. The smallest absolute Gasteiger partial charge is 0.0580 e. The molecule has 0 heterocycles. The first-order valence-corrected chi connectivity index (χ1v) is 7.54. The molecule has 102 valence electrons. The van der Waals surface area contributed by atoms with Gasteiger partial charge in [0.25, 0.3) is 0 Å². The molecule has 0 amide bonds. The Labute approximate surface area is 108 Å². The van der Waals surface area contributed by atoms with Crippen LogP contribution in [0.1, 0.15) is 59.8 Å². The molecule has 1 rings (SSSR count). The van der Waals surface area contributed by atoms with Crippen molar-refractivity contribution in [3.05, 3.63) is 0 Å². The van der Waals surface area contributed by atoms with E-state index in [1.54, 1.807) is 0 Å². The molecule has 0 aliphatic heterocycles. The largest absolute Gasteiger partial charge is 0.378 e. The molecular formula is C15H31NO. The molecule has 2 nitrogen and oxygen atoms in total. The molecule has 2 unspecified atom stereocenters. The standard InChI is InChI=1S/C15H31NO/c1-5-12(4)8-14(16-6-2)9-13-10-15(11-13)17-7-3/h12-16H,5-11H2,1-4H3. The van der Waals surface area contributed by atoms with Crippen molar-refractivity contribution in [2.45, 2.75) is 71.9 Å². The van der Waals surface area contributed by atoms with E-state index in [4.69, 9.17) is 4.74 Å². The van der Waals surface area contributed by atoms with Crippen molar-refractivity contribution in [1.82, 2.24) is 5.32 Å². The van der Waals surface area contributed by atoms with Crippen LogP contribution in [-0.2, 0) is 4.74 Å². The summed E-state index contributed by atoms with van der Waals surface area (Å²) in [4.78, 5) is 0. The monoisotopic (exact) mass is 241 g/mol. The Bertz CT molecular complexity index is 189. The molecule has 1 aliphatic rings. The fourth-order valence-electron chi connectivity index (χ4n) is 2.85. The molecule has 0 saturated heterocycles. The van der Waals surface area contributed by atoms with Crippen molar-refractivity contribution in [1.29, 1.82) is 0 Å². The van der Waals surface area contributed by atoms with Crippen LogP contribution in [0.5, 0.6) is 0 Å². The molecule has 1 N–H and O–H groups in total. The molecule has 0 radical (unpaired) electrons. The third-order valence-electron chi connectivity index (χ3n) is 4.09. The average molecular weight is 241 g/mol. The zero-order valence-electron chi connectivity index (χ0n) is 12.2. The van der Waals surface area contributed by atoms with Crippen LogP contribution in [0.3, 0.4) is 0 Å². The fraction of sp³-hybridized carbons (Fsp3) is 1.00. The fourth-order valence-corrected chi connectivity index (χ4v) is 2.85. The van der Waals surface area contributed by atoms with Gasteiger partial charge in [0.15, 0.2) is 0 Å². The second-order valence-corrected chi connectivity index (χ2v) is 5.65. The molecule has 17 heavy (non-hydrogen) atoms. The molecule has 0 aromatic rings. The molecule has 0 spiro atoms. The molecule has 2 heteroatoms. The Hall–Kier alpha value is -0.0800. The van der Waals surface area contributed by atoms with Gasteiger partial charge in [-0.2, -0.15) is 0 Å². The van der Waals surface area contributed by atoms with E-state index >= 15 is 0 Å². The van der Waals surface area contributed by atoms with E-state index in [1.807, 2.05) is 0 Å². The van der Waals surface area contributed by atoms with Gasteiger partial charge in [0.05, 0.1) is 6.10 Å². The lowest BCUT2D eigenvalue weighted by Crippen LogP contribution is -2.38. The van der Waals surface area contributed by atoms with Gasteiger partial charge in [0.2, 0.25) is 0 Å². The quantitative estimate of drug-likeness (QED) is 0.666. The van der Waals surface area contributed by atoms with E-state index in [1.165, 1.54) is 32.1 Å². The van der Waals surface area contributed by atoms with Gasteiger partial charge in [-0.25, -0.2) is 0 Å². The molecule has 2 atom stereocenters. The first-order valence-electron chi connectivity index (χ1n) is 7.54. The van der Waals surface area contributed by atoms with Crippen LogP contribution >= 0.6 is 0 Å². The van der Waals surface area contributed by atoms with Gasteiger partial charge >= 0.3 is 0 Å². The summed E-state index contributed by atoms with van der Waals surface area (Å²) in [5, 5.41) is 3.65. The number of ether oxygens (including phenoxy) is 1. The van der Waals surface area contributed by atoms with E-state index in [0.29, 0.717) is 6.10 Å².